The second kappa shape index (κ2) is 8.79. The second-order valence-corrected chi connectivity index (χ2v) is 8.32. The average Bonchev–Trinajstić information content (AvgIpc) is 3.32. The van der Waals surface area contributed by atoms with Crippen molar-refractivity contribution in [2.45, 2.75) is 30.4 Å². The molecule has 154 valence electrons. The smallest absolute Gasteiger partial charge is 0.290 e. The molecule has 5 nitrogen and oxygen atoms in total. The monoisotopic (exact) mass is 420 g/mol. The molecule has 0 fully saturated rings. The molecule has 0 N–H and O–H groups in total. The summed E-state index contributed by atoms with van der Waals surface area (Å²) in [6.45, 7) is 0.886. The van der Waals surface area contributed by atoms with Crippen LogP contribution < -0.4 is 0 Å². The van der Waals surface area contributed by atoms with Crippen molar-refractivity contribution >= 4 is 23.6 Å². The predicted octanol–water partition coefficient (Wildman–Crippen LogP) is 4.23. The van der Waals surface area contributed by atoms with E-state index in [4.69, 9.17) is 4.42 Å². The predicted molar refractivity (Wildman–Crippen MR) is 117 cm³/mol. The van der Waals surface area contributed by atoms with Gasteiger partial charge in [0.05, 0.1) is 6.26 Å². The Kier molecular flexibility index (Phi) is 5.95. The minimum Gasteiger partial charge on any atom is -0.459 e. The SMILES string of the molecule is CSc1ccc(CN(C)C(=O)C2Cc3ccccc3CN2C(=O)c2ccco2)cc1. The number of carbonyl (C=O) groups excluding carboxylic acids is 2. The van der Waals surface area contributed by atoms with Gasteiger partial charge >= 0.3 is 0 Å². The van der Waals surface area contributed by atoms with Crippen LogP contribution in [0.25, 0.3) is 0 Å². The van der Waals surface area contributed by atoms with Crippen molar-refractivity contribution < 1.29 is 14.0 Å². The summed E-state index contributed by atoms with van der Waals surface area (Å²) in [4.78, 5) is 31.0. The summed E-state index contributed by atoms with van der Waals surface area (Å²) in [5, 5.41) is 0. The molecular formula is C24H24N2O3S. The molecule has 1 aliphatic heterocycles. The van der Waals surface area contributed by atoms with Crippen LogP contribution in [0.2, 0.25) is 0 Å². The molecule has 0 bridgehead atoms. The van der Waals surface area contributed by atoms with E-state index in [1.165, 1.54) is 11.2 Å². The highest BCUT2D eigenvalue weighted by atomic mass is 32.2. The molecule has 0 saturated carbocycles. The van der Waals surface area contributed by atoms with Crippen LogP contribution in [0.1, 0.15) is 27.2 Å². The molecule has 2 amide bonds. The number of nitrogens with zero attached hydrogens (tertiary/aromatic N) is 2. The van der Waals surface area contributed by atoms with E-state index in [0.29, 0.717) is 19.5 Å². The van der Waals surface area contributed by atoms with Crippen LogP contribution in [0.4, 0.5) is 0 Å². The molecule has 1 atom stereocenters. The first-order chi connectivity index (χ1) is 14.6. The minimum absolute atomic E-state index is 0.0710. The van der Waals surface area contributed by atoms with Gasteiger partial charge in [0, 0.05) is 31.5 Å². The molecule has 30 heavy (non-hydrogen) atoms. The number of hydrogen-bond acceptors (Lipinski definition) is 4. The molecule has 1 aromatic heterocycles. The summed E-state index contributed by atoms with van der Waals surface area (Å²) in [7, 11) is 1.79. The fourth-order valence-corrected chi connectivity index (χ4v) is 4.24. The summed E-state index contributed by atoms with van der Waals surface area (Å²) < 4.78 is 5.32. The van der Waals surface area contributed by atoms with Crippen LogP contribution in [0, 0.1) is 0 Å². The van der Waals surface area contributed by atoms with Crippen molar-refractivity contribution in [2.75, 3.05) is 13.3 Å². The van der Waals surface area contributed by atoms with E-state index in [-0.39, 0.29) is 17.6 Å². The number of likely N-dealkylation sites (N-methyl/N-ethyl adjacent to an activating group) is 1. The van der Waals surface area contributed by atoms with Crippen molar-refractivity contribution in [3.05, 3.63) is 89.4 Å². The lowest BCUT2D eigenvalue weighted by molar-refractivity contribution is -0.135. The Morgan fingerprint density at radius 1 is 1.07 bits per heavy atom. The number of rotatable bonds is 5. The first kappa shape index (κ1) is 20.3. The number of hydrogen-bond donors (Lipinski definition) is 0. The number of thioether (sulfide) groups is 1. The van der Waals surface area contributed by atoms with Crippen LogP contribution in [0.15, 0.2) is 76.2 Å². The van der Waals surface area contributed by atoms with Crippen molar-refractivity contribution in [3.63, 3.8) is 0 Å². The number of carbonyl (C=O) groups is 2. The zero-order chi connectivity index (χ0) is 21.1. The average molecular weight is 421 g/mol. The van der Waals surface area contributed by atoms with E-state index in [1.54, 1.807) is 40.7 Å². The Morgan fingerprint density at radius 3 is 2.47 bits per heavy atom. The van der Waals surface area contributed by atoms with E-state index in [1.807, 2.05) is 42.7 Å². The van der Waals surface area contributed by atoms with Crippen LogP contribution in [-0.4, -0.2) is 41.0 Å². The van der Waals surface area contributed by atoms with E-state index in [0.717, 1.165) is 16.7 Å². The van der Waals surface area contributed by atoms with Gasteiger partial charge in [0.1, 0.15) is 6.04 Å². The van der Waals surface area contributed by atoms with Gasteiger partial charge in [-0.15, -0.1) is 11.8 Å². The number of furan rings is 1. The molecule has 0 spiro atoms. The van der Waals surface area contributed by atoms with Gasteiger partial charge in [-0.1, -0.05) is 36.4 Å². The van der Waals surface area contributed by atoms with Crippen LogP contribution >= 0.6 is 11.8 Å². The fraction of sp³-hybridized carbons (Fsp3) is 0.250. The second-order valence-electron chi connectivity index (χ2n) is 7.44. The Morgan fingerprint density at radius 2 is 1.80 bits per heavy atom. The Labute approximate surface area is 180 Å². The van der Waals surface area contributed by atoms with Crippen LogP contribution in [-0.2, 0) is 24.3 Å². The Balaban J connectivity index is 1.57. The quantitative estimate of drug-likeness (QED) is 0.580. The summed E-state index contributed by atoms with van der Waals surface area (Å²) in [5.41, 5.74) is 3.23. The zero-order valence-electron chi connectivity index (χ0n) is 17.1. The molecule has 2 aromatic carbocycles. The maximum atomic E-state index is 13.4. The molecule has 1 aliphatic rings. The van der Waals surface area contributed by atoms with E-state index in [9.17, 15) is 9.59 Å². The van der Waals surface area contributed by atoms with Gasteiger partial charge in [-0.05, 0) is 47.2 Å². The molecular weight excluding hydrogens is 396 g/mol. The standard InChI is InChI=1S/C24H24N2O3S/c1-25(15-17-9-11-20(30-2)12-10-17)23(27)21-14-18-6-3-4-7-19(18)16-26(21)24(28)22-8-5-13-29-22/h3-13,21H,14-16H2,1-2H3. The van der Waals surface area contributed by atoms with E-state index >= 15 is 0 Å². The molecule has 0 saturated heterocycles. The number of amides is 2. The third-order valence-corrected chi connectivity index (χ3v) is 6.23. The maximum Gasteiger partial charge on any atom is 0.290 e. The highest BCUT2D eigenvalue weighted by Gasteiger charge is 2.37. The third-order valence-electron chi connectivity index (χ3n) is 5.48. The topological polar surface area (TPSA) is 53.8 Å². The third kappa shape index (κ3) is 4.14. The first-order valence-electron chi connectivity index (χ1n) is 9.86. The lowest BCUT2D eigenvalue weighted by atomic mass is 9.93. The highest BCUT2D eigenvalue weighted by molar-refractivity contribution is 7.98. The van der Waals surface area contributed by atoms with E-state index in [2.05, 4.69) is 12.1 Å². The Hall–Kier alpha value is -2.99. The van der Waals surface area contributed by atoms with Gasteiger partial charge in [-0.25, -0.2) is 0 Å². The van der Waals surface area contributed by atoms with Crippen molar-refractivity contribution in [3.8, 4) is 0 Å². The molecule has 0 radical (unpaired) electrons. The number of fused-ring (bicyclic) bond motifs is 1. The highest BCUT2D eigenvalue weighted by Crippen LogP contribution is 2.26. The lowest BCUT2D eigenvalue weighted by Crippen LogP contribution is -2.52. The summed E-state index contributed by atoms with van der Waals surface area (Å²) in [5.74, 6) is -0.0774. The molecule has 1 unspecified atom stereocenters. The van der Waals surface area contributed by atoms with Gasteiger partial charge in [-0.2, -0.15) is 0 Å². The van der Waals surface area contributed by atoms with Crippen molar-refractivity contribution in [2.24, 2.45) is 0 Å². The summed E-state index contributed by atoms with van der Waals surface area (Å²) in [6, 6.07) is 18.9. The molecule has 3 aromatic rings. The summed E-state index contributed by atoms with van der Waals surface area (Å²) >= 11 is 1.69. The fourth-order valence-electron chi connectivity index (χ4n) is 3.84. The van der Waals surface area contributed by atoms with Crippen LogP contribution in [0.3, 0.4) is 0 Å². The van der Waals surface area contributed by atoms with Crippen molar-refractivity contribution in [1.29, 1.82) is 0 Å². The molecule has 2 heterocycles. The number of benzene rings is 2. The van der Waals surface area contributed by atoms with Crippen molar-refractivity contribution in [1.82, 2.24) is 9.80 Å². The largest absolute Gasteiger partial charge is 0.459 e. The van der Waals surface area contributed by atoms with Gasteiger partial charge in [0.2, 0.25) is 5.91 Å². The van der Waals surface area contributed by atoms with Gasteiger partial charge in [-0.3, -0.25) is 9.59 Å². The van der Waals surface area contributed by atoms with Gasteiger partial charge < -0.3 is 14.2 Å². The molecule has 4 rings (SSSR count). The minimum atomic E-state index is -0.562. The normalized spacial score (nSPS) is 15.5. The first-order valence-corrected chi connectivity index (χ1v) is 11.1. The summed E-state index contributed by atoms with van der Waals surface area (Å²) in [6.07, 6.45) is 4.01. The van der Waals surface area contributed by atoms with Gasteiger partial charge in [0.15, 0.2) is 5.76 Å². The Bertz CT molecular complexity index is 1030. The van der Waals surface area contributed by atoms with Crippen LogP contribution in [0.5, 0.6) is 0 Å². The zero-order valence-corrected chi connectivity index (χ0v) is 17.9. The molecule has 0 aliphatic carbocycles. The van der Waals surface area contributed by atoms with E-state index < -0.39 is 6.04 Å². The maximum absolute atomic E-state index is 13.4. The lowest BCUT2D eigenvalue weighted by Gasteiger charge is -2.37. The molecule has 6 heteroatoms. The van der Waals surface area contributed by atoms with Gasteiger partial charge in [0.25, 0.3) is 5.91 Å².